The van der Waals surface area contributed by atoms with Gasteiger partial charge in [-0.15, -0.1) is 0 Å². The maximum absolute atomic E-state index is 12.3. The fraction of sp³-hybridized carbons (Fsp3) is 0.533. The quantitative estimate of drug-likeness (QED) is 0.788. The van der Waals surface area contributed by atoms with Crippen molar-refractivity contribution in [3.8, 4) is 5.75 Å². The van der Waals surface area contributed by atoms with Crippen molar-refractivity contribution in [3.63, 3.8) is 0 Å². The molecule has 23 heavy (non-hydrogen) atoms. The van der Waals surface area contributed by atoms with Crippen LogP contribution in [0, 0.1) is 0 Å². The number of amides is 2. The molecule has 2 rings (SSSR count). The van der Waals surface area contributed by atoms with Gasteiger partial charge in [0, 0.05) is 32.4 Å². The van der Waals surface area contributed by atoms with E-state index >= 15 is 0 Å². The van der Waals surface area contributed by atoms with Crippen LogP contribution < -0.4 is 10.3 Å². The van der Waals surface area contributed by atoms with Crippen LogP contribution in [-0.4, -0.2) is 66.3 Å². The first-order chi connectivity index (χ1) is 11.1. The van der Waals surface area contributed by atoms with Gasteiger partial charge in [-0.3, -0.25) is 9.59 Å². The fourth-order valence-electron chi connectivity index (χ4n) is 2.39. The van der Waals surface area contributed by atoms with E-state index in [2.05, 4.69) is 0 Å². The molecule has 8 nitrogen and oxygen atoms in total. The summed E-state index contributed by atoms with van der Waals surface area (Å²) in [5.41, 5.74) is -0.339. The lowest BCUT2D eigenvalue weighted by molar-refractivity contribution is -0.133. The van der Waals surface area contributed by atoms with Crippen molar-refractivity contribution in [1.82, 2.24) is 14.4 Å². The van der Waals surface area contributed by atoms with Crippen LogP contribution in [0.15, 0.2) is 23.1 Å². The molecule has 8 heteroatoms. The predicted octanol–water partition coefficient (Wildman–Crippen LogP) is 0.158. The van der Waals surface area contributed by atoms with E-state index in [9.17, 15) is 14.4 Å². The summed E-state index contributed by atoms with van der Waals surface area (Å²) < 4.78 is 11.2. The Hall–Kier alpha value is -2.51. The molecule has 0 saturated carbocycles. The highest BCUT2D eigenvalue weighted by Gasteiger charge is 2.25. The van der Waals surface area contributed by atoms with Crippen LogP contribution in [0.4, 0.5) is 4.79 Å². The molecule has 1 saturated heterocycles. The molecule has 2 heterocycles. The molecule has 1 aromatic heterocycles. The predicted molar refractivity (Wildman–Crippen MR) is 82.4 cm³/mol. The second-order valence-electron chi connectivity index (χ2n) is 5.08. The van der Waals surface area contributed by atoms with Gasteiger partial charge in [-0.1, -0.05) is 0 Å². The van der Waals surface area contributed by atoms with Gasteiger partial charge >= 0.3 is 6.09 Å². The van der Waals surface area contributed by atoms with Gasteiger partial charge in [0.25, 0.3) is 5.56 Å². The van der Waals surface area contributed by atoms with E-state index in [0.29, 0.717) is 32.8 Å². The van der Waals surface area contributed by atoms with E-state index in [1.165, 1.54) is 11.7 Å². The number of hydrogen-bond acceptors (Lipinski definition) is 5. The van der Waals surface area contributed by atoms with Crippen LogP contribution in [0.3, 0.4) is 0 Å². The molecule has 0 bridgehead atoms. The topological polar surface area (TPSA) is 81.1 Å². The van der Waals surface area contributed by atoms with Crippen LogP contribution >= 0.6 is 0 Å². The molecule has 0 atom stereocenters. The van der Waals surface area contributed by atoms with Crippen molar-refractivity contribution >= 4 is 12.0 Å². The Kier molecular flexibility index (Phi) is 5.61. The Morgan fingerprint density at radius 1 is 1.17 bits per heavy atom. The summed E-state index contributed by atoms with van der Waals surface area (Å²) in [6.45, 7) is 3.75. The molecule has 0 spiro atoms. The largest absolute Gasteiger partial charge is 0.491 e. The van der Waals surface area contributed by atoms with Crippen LogP contribution in [0.25, 0.3) is 0 Å². The van der Waals surface area contributed by atoms with E-state index in [1.807, 2.05) is 0 Å². The summed E-state index contributed by atoms with van der Waals surface area (Å²) in [4.78, 5) is 39.2. The van der Waals surface area contributed by atoms with E-state index in [0.717, 1.165) is 0 Å². The highest BCUT2D eigenvalue weighted by molar-refractivity contribution is 5.76. The number of carbonyl (C=O) groups is 2. The van der Waals surface area contributed by atoms with Gasteiger partial charge in [-0.05, 0) is 19.1 Å². The minimum atomic E-state index is -0.358. The number of carbonyl (C=O) groups excluding carboxylic acids is 2. The number of ether oxygens (including phenoxy) is 2. The van der Waals surface area contributed by atoms with Crippen LogP contribution in [0.2, 0.25) is 0 Å². The lowest BCUT2D eigenvalue weighted by atomic mass is 10.3. The molecule has 0 aliphatic carbocycles. The molecule has 0 unspecified atom stereocenters. The SMILES string of the molecule is CCOC(=O)N1CCN(C(=O)Cn2cccc(OC)c2=O)CC1. The molecular weight excluding hydrogens is 302 g/mol. The summed E-state index contributed by atoms with van der Waals surface area (Å²) in [6, 6.07) is 3.22. The van der Waals surface area contributed by atoms with E-state index in [-0.39, 0.29) is 29.9 Å². The number of piperazine rings is 1. The van der Waals surface area contributed by atoms with Crippen molar-refractivity contribution in [3.05, 3.63) is 28.7 Å². The molecule has 0 radical (unpaired) electrons. The summed E-state index contributed by atoms with van der Waals surface area (Å²) in [5.74, 6) is 0.0382. The zero-order valence-corrected chi connectivity index (χ0v) is 13.4. The van der Waals surface area contributed by atoms with Crippen LogP contribution in [0.5, 0.6) is 5.75 Å². The number of methoxy groups -OCH3 is 1. The minimum Gasteiger partial charge on any atom is -0.491 e. The van der Waals surface area contributed by atoms with Gasteiger partial charge in [-0.2, -0.15) is 0 Å². The maximum atomic E-state index is 12.3. The van der Waals surface area contributed by atoms with Gasteiger partial charge < -0.3 is 23.8 Å². The monoisotopic (exact) mass is 323 g/mol. The van der Waals surface area contributed by atoms with Crippen molar-refractivity contribution in [2.45, 2.75) is 13.5 Å². The summed E-state index contributed by atoms with van der Waals surface area (Å²) >= 11 is 0. The fourth-order valence-corrected chi connectivity index (χ4v) is 2.39. The Labute approximate surface area is 134 Å². The standard InChI is InChI=1S/C15H21N3O5/c1-3-23-15(21)17-9-7-16(8-10-17)13(19)11-18-6-4-5-12(22-2)14(18)20/h4-6H,3,7-11H2,1-2H3. The molecule has 2 amide bonds. The molecule has 1 fully saturated rings. The Morgan fingerprint density at radius 2 is 1.83 bits per heavy atom. The zero-order chi connectivity index (χ0) is 16.8. The molecule has 1 aliphatic heterocycles. The third kappa shape index (κ3) is 4.02. The van der Waals surface area contributed by atoms with E-state index in [4.69, 9.17) is 9.47 Å². The molecule has 126 valence electrons. The maximum Gasteiger partial charge on any atom is 0.409 e. The molecule has 0 N–H and O–H groups in total. The lowest BCUT2D eigenvalue weighted by Gasteiger charge is -2.34. The van der Waals surface area contributed by atoms with Crippen LogP contribution in [-0.2, 0) is 16.1 Å². The summed E-state index contributed by atoms with van der Waals surface area (Å²) in [7, 11) is 1.41. The van der Waals surface area contributed by atoms with E-state index < -0.39 is 0 Å². The smallest absolute Gasteiger partial charge is 0.409 e. The van der Waals surface area contributed by atoms with Gasteiger partial charge in [0.15, 0.2) is 5.75 Å². The molecular formula is C15H21N3O5. The van der Waals surface area contributed by atoms with Crippen molar-refractivity contribution < 1.29 is 19.1 Å². The zero-order valence-electron chi connectivity index (χ0n) is 13.4. The number of rotatable bonds is 4. The average Bonchev–Trinajstić information content (AvgIpc) is 2.57. The minimum absolute atomic E-state index is 0.0462. The van der Waals surface area contributed by atoms with Gasteiger partial charge in [-0.25, -0.2) is 4.79 Å². The highest BCUT2D eigenvalue weighted by Crippen LogP contribution is 2.06. The number of hydrogen-bond donors (Lipinski definition) is 0. The molecule has 0 aromatic carbocycles. The van der Waals surface area contributed by atoms with E-state index in [1.54, 1.807) is 35.1 Å². The number of aromatic nitrogens is 1. The Morgan fingerprint density at radius 3 is 2.43 bits per heavy atom. The average molecular weight is 323 g/mol. The third-order valence-electron chi connectivity index (χ3n) is 3.67. The first-order valence-corrected chi connectivity index (χ1v) is 7.49. The highest BCUT2D eigenvalue weighted by atomic mass is 16.6. The number of pyridine rings is 1. The summed E-state index contributed by atoms with van der Waals surface area (Å²) in [5, 5.41) is 0. The number of nitrogens with zero attached hydrogens (tertiary/aromatic N) is 3. The van der Waals surface area contributed by atoms with Gasteiger partial charge in [0.2, 0.25) is 5.91 Å². The summed E-state index contributed by atoms with van der Waals surface area (Å²) in [6.07, 6.45) is 1.20. The first kappa shape index (κ1) is 16.9. The third-order valence-corrected chi connectivity index (χ3v) is 3.67. The normalized spacial score (nSPS) is 14.5. The second-order valence-corrected chi connectivity index (χ2v) is 5.08. The van der Waals surface area contributed by atoms with Gasteiger partial charge in [0.05, 0.1) is 13.7 Å². The van der Waals surface area contributed by atoms with Crippen molar-refractivity contribution in [2.24, 2.45) is 0 Å². The van der Waals surface area contributed by atoms with Crippen molar-refractivity contribution in [2.75, 3.05) is 39.9 Å². The Bertz CT molecular complexity index is 620. The van der Waals surface area contributed by atoms with Gasteiger partial charge in [0.1, 0.15) is 6.54 Å². The van der Waals surface area contributed by atoms with Crippen molar-refractivity contribution in [1.29, 1.82) is 0 Å². The first-order valence-electron chi connectivity index (χ1n) is 7.49. The van der Waals surface area contributed by atoms with Crippen LogP contribution in [0.1, 0.15) is 6.92 Å². The lowest BCUT2D eigenvalue weighted by Crippen LogP contribution is -2.51. The second kappa shape index (κ2) is 7.66. The molecule has 1 aliphatic rings. The molecule has 1 aromatic rings. The Balaban J connectivity index is 1.93.